The van der Waals surface area contributed by atoms with Crippen LogP contribution in [-0.2, 0) is 4.79 Å². The van der Waals surface area contributed by atoms with Gasteiger partial charge >= 0.3 is 0 Å². The van der Waals surface area contributed by atoms with Gasteiger partial charge in [0.15, 0.2) is 0 Å². The van der Waals surface area contributed by atoms with Gasteiger partial charge in [-0.1, -0.05) is 24.6 Å². The fourth-order valence-electron chi connectivity index (χ4n) is 3.62. The van der Waals surface area contributed by atoms with Crippen LogP contribution in [0.15, 0.2) is 24.3 Å². The molecule has 3 rings (SSSR count). The highest BCUT2D eigenvalue weighted by Gasteiger charge is 2.29. The smallest absolute Gasteiger partial charge is 0.251 e. The molecule has 2 amide bonds. The Morgan fingerprint density at radius 1 is 1.12 bits per heavy atom. The SMILES string of the molecule is Cc1ccccc1C(=O)NC1CCN(C(=O)C2CCCCN2)CC1.Cl. The largest absolute Gasteiger partial charge is 0.349 e. The number of hydrogen-bond donors (Lipinski definition) is 2. The third kappa shape index (κ3) is 4.95. The molecule has 5 nitrogen and oxygen atoms in total. The van der Waals surface area contributed by atoms with Crippen molar-refractivity contribution in [2.45, 2.75) is 51.1 Å². The topological polar surface area (TPSA) is 61.4 Å². The van der Waals surface area contributed by atoms with Crippen LogP contribution < -0.4 is 10.6 Å². The van der Waals surface area contributed by atoms with E-state index in [1.165, 1.54) is 0 Å². The molecule has 2 N–H and O–H groups in total. The first-order chi connectivity index (χ1) is 11.6. The summed E-state index contributed by atoms with van der Waals surface area (Å²) in [6.07, 6.45) is 4.90. The fourth-order valence-corrected chi connectivity index (χ4v) is 3.62. The molecule has 1 aromatic carbocycles. The number of likely N-dealkylation sites (tertiary alicyclic amines) is 1. The molecular weight excluding hydrogens is 338 g/mol. The normalized spacial score (nSPS) is 21.3. The van der Waals surface area contributed by atoms with Crippen LogP contribution in [0, 0.1) is 6.92 Å². The number of carbonyl (C=O) groups excluding carboxylic acids is 2. The predicted octanol–water partition coefficient (Wildman–Crippen LogP) is 2.28. The maximum absolute atomic E-state index is 12.5. The number of aryl methyl sites for hydroxylation is 1. The molecule has 1 atom stereocenters. The van der Waals surface area contributed by atoms with E-state index in [0.717, 1.165) is 62.9 Å². The molecule has 2 aliphatic rings. The standard InChI is InChI=1S/C19H27N3O2.ClH/c1-14-6-2-3-7-16(14)18(23)21-15-9-12-22(13-10-15)19(24)17-8-4-5-11-20-17;/h2-3,6-7,15,17,20H,4-5,8-13H2,1H3,(H,21,23);1H. The molecule has 1 unspecified atom stereocenters. The number of hydrogen-bond acceptors (Lipinski definition) is 3. The molecular formula is C19H28ClN3O2. The van der Waals surface area contributed by atoms with Gasteiger partial charge in [-0.2, -0.15) is 0 Å². The zero-order valence-corrected chi connectivity index (χ0v) is 15.6. The Labute approximate surface area is 155 Å². The van der Waals surface area contributed by atoms with Crippen molar-refractivity contribution in [1.82, 2.24) is 15.5 Å². The second-order valence-electron chi connectivity index (χ2n) is 6.89. The van der Waals surface area contributed by atoms with Gasteiger partial charge < -0.3 is 15.5 Å². The summed E-state index contributed by atoms with van der Waals surface area (Å²) in [6.45, 7) is 4.36. The Balaban J connectivity index is 0.00000225. The van der Waals surface area contributed by atoms with Gasteiger partial charge in [0.2, 0.25) is 5.91 Å². The van der Waals surface area contributed by atoms with Crippen LogP contribution in [0.2, 0.25) is 0 Å². The van der Waals surface area contributed by atoms with E-state index in [0.29, 0.717) is 0 Å². The third-order valence-electron chi connectivity index (χ3n) is 5.14. The van der Waals surface area contributed by atoms with Crippen LogP contribution in [0.5, 0.6) is 0 Å². The minimum atomic E-state index is -0.00757. The highest BCUT2D eigenvalue weighted by atomic mass is 35.5. The molecule has 2 aliphatic heterocycles. The lowest BCUT2D eigenvalue weighted by atomic mass is 10.00. The lowest BCUT2D eigenvalue weighted by Gasteiger charge is -2.35. The summed E-state index contributed by atoms with van der Waals surface area (Å²) >= 11 is 0. The molecule has 0 radical (unpaired) electrons. The highest BCUT2D eigenvalue weighted by Crippen LogP contribution is 2.16. The van der Waals surface area contributed by atoms with Gasteiger partial charge in [-0.3, -0.25) is 9.59 Å². The molecule has 2 saturated heterocycles. The number of amides is 2. The minimum absolute atomic E-state index is 0. The summed E-state index contributed by atoms with van der Waals surface area (Å²) in [7, 11) is 0. The van der Waals surface area contributed by atoms with Crippen LogP contribution >= 0.6 is 12.4 Å². The molecule has 138 valence electrons. The first-order valence-corrected chi connectivity index (χ1v) is 9.04. The van der Waals surface area contributed by atoms with Gasteiger partial charge in [-0.15, -0.1) is 12.4 Å². The lowest BCUT2D eigenvalue weighted by Crippen LogP contribution is -2.53. The first-order valence-electron chi connectivity index (χ1n) is 9.04. The number of halogens is 1. The molecule has 0 aromatic heterocycles. The number of benzene rings is 1. The number of carbonyl (C=O) groups is 2. The average molecular weight is 366 g/mol. The molecule has 0 spiro atoms. The van der Waals surface area contributed by atoms with Crippen molar-refractivity contribution >= 4 is 24.2 Å². The summed E-state index contributed by atoms with van der Waals surface area (Å²) in [5.41, 5.74) is 1.73. The van der Waals surface area contributed by atoms with E-state index in [-0.39, 0.29) is 36.3 Å². The molecule has 0 bridgehead atoms. The van der Waals surface area contributed by atoms with E-state index in [2.05, 4.69) is 10.6 Å². The van der Waals surface area contributed by atoms with Crippen molar-refractivity contribution in [3.05, 3.63) is 35.4 Å². The van der Waals surface area contributed by atoms with Crippen LogP contribution in [0.4, 0.5) is 0 Å². The zero-order valence-electron chi connectivity index (χ0n) is 14.8. The quantitative estimate of drug-likeness (QED) is 0.863. The van der Waals surface area contributed by atoms with E-state index < -0.39 is 0 Å². The van der Waals surface area contributed by atoms with Crippen LogP contribution in [0.25, 0.3) is 0 Å². The number of nitrogens with zero attached hydrogens (tertiary/aromatic N) is 1. The monoisotopic (exact) mass is 365 g/mol. The average Bonchev–Trinajstić information content (AvgIpc) is 2.63. The minimum Gasteiger partial charge on any atom is -0.349 e. The molecule has 6 heteroatoms. The van der Waals surface area contributed by atoms with Gasteiger partial charge in [0.1, 0.15) is 0 Å². The van der Waals surface area contributed by atoms with Gasteiger partial charge in [-0.25, -0.2) is 0 Å². The van der Waals surface area contributed by atoms with E-state index in [9.17, 15) is 9.59 Å². The fraction of sp³-hybridized carbons (Fsp3) is 0.579. The molecule has 0 aliphatic carbocycles. The van der Waals surface area contributed by atoms with Crippen molar-refractivity contribution in [1.29, 1.82) is 0 Å². The Morgan fingerprint density at radius 2 is 1.84 bits per heavy atom. The maximum atomic E-state index is 12.5. The maximum Gasteiger partial charge on any atom is 0.251 e. The summed E-state index contributed by atoms with van der Waals surface area (Å²) in [5.74, 6) is 0.227. The van der Waals surface area contributed by atoms with E-state index in [4.69, 9.17) is 0 Å². The Hall–Kier alpha value is -1.59. The van der Waals surface area contributed by atoms with E-state index >= 15 is 0 Å². The van der Waals surface area contributed by atoms with Crippen LogP contribution in [0.1, 0.15) is 48.0 Å². The molecule has 2 fully saturated rings. The molecule has 0 saturated carbocycles. The summed E-state index contributed by atoms with van der Waals surface area (Å²) in [4.78, 5) is 26.9. The second-order valence-corrected chi connectivity index (χ2v) is 6.89. The van der Waals surface area contributed by atoms with Crippen molar-refractivity contribution in [3.63, 3.8) is 0 Å². The summed E-state index contributed by atoms with van der Waals surface area (Å²) < 4.78 is 0. The Bertz CT molecular complexity index is 594. The number of nitrogens with one attached hydrogen (secondary N) is 2. The second kappa shape index (κ2) is 9.20. The lowest BCUT2D eigenvalue weighted by molar-refractivity contribution is -0.135. The van der Waals surface area contributed by atoms with Crippen LogP contribution in [0.3, 0.4) is 0 Å². The van der Waals surface area contributed by atoms with Crippen molar-refractivity contribution < 1.29 is 9.59 Å². The summed E-state index contributed by atoms with van der Waals surface area (Å²) in [6, 6.07) is 7.79. The number of piperidine rings is 2. The van der Waals surface area contributed by atoms with Crippen molar-refractivity contribution in [2.75, 3.05) is 19.6 Å². The predicted molar refractivity (Wildman–Crippen MR) is 101 cm³/mol. The molecule has 1 aromatic rings. The molecule has 25 heavy (non-hydrogen) atoms. The summed E-state index contributed by atoms with van der Waals surface area (Å²) in [5, 5.41) is 6.45. The van der Waals surface area contributed by atoms with Gasteiger partial charge in [0.25, 0.3) is 5.91 Å². The van der Waals surface area contributed by atoms with Gasteiger partial charge in [0.05, 0.1) is 6.04 Å². The molecule has 2 heterocycles. The van der Waals surface area contributed by atoms with Crippen LogP contribution in [-0.4, -0.2) is 48.4 Å². The third-order valence-corrected chi connectivity index (χ3v) is 5.14. The first kappa shape index (κ1) is 19.7. The van der Waals surface area contributed by atoms with E-state index in [1.54, 1.807) is 0 Å². The zero-order chi connectivity index (χ0) is 16.9. The van der Waals surface area contributed by atoms with Crippen molar-refractivity contribution in [2.24, 2.45) is 0 Å². The van der Waals surface area contributed by atoms with E-state index in [1.807, 2.05) is 36.1 Å². The van der Waals surface area contributed by atoms with Crippen molar-refractivity contribution in [3.8, 4) is 0 Å². The number of rotatable bonds is 3. The Morgan fingerprint density at radius 3 is 2.48 bits per heavy atom. The Kier molecular flexibility index (Phi) is 7.26. The van der Waals surface area contributed by atoms with Gasteiger partial charge in [-0.05, 0) is 50.8 Å². The highest BCUT2D eigenvalue weighted by molar-refractivity contribution is 5.95. The van der Waals surface area contributed by atoms with Gasteiger partial charge in [0, 0.05) is 24.7 Å².